The van der Waals surface area contributed by atoms with Gasteiger partial charge in [0.15, 0.2) is 0 Å². The second kappa shape index (κ2) is 7.19. The lowest BCUT2D eigenvalue weighted by Gasteiger charge is -2.22. The van der Waals surface area contributed by atoms with Crippen molar-refractivity contribution in [3.63, 3.8) is 0 Å². The van der Waals surface area contributed by atoms with Crippen LogP contribution in [-0.4, -0.2) is 37.3 Å². The van der Waals surface area contributed by atoms with Crippen LogP contribution in [0.25, 0.3) is 0 Å². The SMILES string of the molecule is O=C(NCCCOC1CCCCC1)C(F)(F)C(F)(F)F. The fourth-order valence-corrected chi connectivity index (χ4v) is 2.00. The summed E-state index contributed by atoms with van der Waals surface area (Å²) in [5.41, 5.74) is 0. The summed E-state index contributed by atoms with van der Waals surface area (Å²) in [6.07, 6.45) is -0.306. The maximum Gasteiger partial charge on any atom is 0.463 e. The summed E-state index contributed by atoms with van der Waals surface area (Å²) in [6, 6.07) is 0. The molecule has 0 aromatic heterocycles. The quantitative estimate of drug-likeness (QED) is 0.605. The minimum absolute atomic E-state index is 0.135. The van der Waals surface area contributed by atoms with Gasteiger partial charge in [0.1, 0.15) is 0 Å². The number of alkyl halides is 5. The predicted octanol–water partition coefficient (Wildman–Crippen LogP) is 3.04. The summed E-state index contributed by atoms with van der Waals surface area (Å²) >= 11 is 0. The van der Waals surface area contributed by atoms with Crippen LogP contribution >= 0.6 is 0 Å². The third kappa shape index (κ3) is 4.88. The summed E-state index contributed by atoms with van der Waals surface area (Å²) < 4.78 is 66.2. The van der Waals surface area contributed by atoms with Crippen molar-refractivity contribution in [2.24, 2.45) is 0 Å². The number of carbonyl (C=O) groups is 1. The van der Waals surface area contributed by atoms with E-state index in [1.165, 1.54) is 6.42 Å². The summed E-state index contributed by atoms with van der Waals surface area (Å²) in [7, 11) is 0. The molecule has 0 aliphatic heterocycles. The summed E-state index contributed by atoms with van der Waals surface area (Å²) in [5, 5.41) is 1.58. The Morgan fingerprint density at radius 2 is 1.70 bits per heavy atom. The second-order valence-electron chi connectivity index (χ2n) is 4.81. The fraction of sp³-hybridized carbons (Fsp3) is 0.917. The number of hydrogen-bond donors (Lipinski definition) is 1. The largest absolute Gasteiger partial charge is 0.463 e. The average Bonchev–Trinajstić information content (AvgIpc) is 2.38. The van der Waals surface area contributed by atoms with E-state index in [9.17, 15) is 26.7 Å². The Morgan fingerprint density at radius 1 is 1.10 bits per heavy atom. The first-order valence-electron chi connectivity index (χ1n) is 6.59. The molecule has 1 rings (SSSR count). The Kier molecular flexibility index (Phi) is 6.16. The molecule has 1 N–H and O–H groups in total. The first-order valence-corrected chi connectivity index (χ1v) is 6.59. The molecule has 20 heavy (non-hydrogen) atoms. The Balaban J connectivity index is 2.16. The zero-order valence-electron chi connectivity index (χ0n) is 10.9. The molecule has 0 bridgehead atoms. The molecule has 0 atom stereocenters. The van der Waals surface area contributed by atoms with Crippen LogP contribution < -0.4 is 5.32 Å². The van der Waals surface area contributed by atoms with E-state index in [4.69, 9.17) is 4.74 Å². The molecule has 1 aliphatic carbocycles. The first kappa shape index (κ1) is 17.1. The average molecular weight is 303 g/mol. The van der Waals surface area contributed by atoms with Gasteiger partial charge in [-0.2, -0.15) is 22.0 Å². The lowest BCUT2D eigenvalue weighted by atomic mass is 9.98. The number of carbonyl (C=O) groups excluding carboxylic acids is 1. The zero-order chi connectivity index (χ0) is 15.2. The molecule has 0 saturated heterocycles. The monoisotopic (exact) mass is 303 g/mol. The third-order valence-corrected chi connectivity index (χ3v) is 3.15. The van der Waals surface area contributed by atoms with Crippen molar-refractivity contribution >= 4 is 5.91 Å². The molecule has 1 aliphatic rings. The highest BCUT2D eigenvalue weighted by Crippen LogP contribution is 2.35. The van der Waals surface area contributed by atoms with Gasteiger partial charge in [-0.05, 0) is 19.3 Å². The number of nitrogens with one attached hydrogen (secondary N) is 1. The van der Waals surface area contributed by atoms with Crippen LogP contribution in [-0.2, 0) is 9.53 Å². The van der Waals surface area contributed by atoms with Crippen molar-refractivity contribution in [1.29, 1.82) is 0 Å². The predicted molar refractivity (Wildman–Crippen MR) is 61.5 cm³/mol. The van der Waals surface area contributed by atoms with E-state index >= 15 is 0 Å². The summed E-state index contributed by atoms with van der Waals surface area (Å²) in [6.45, 7) is -0.0280. The maximum absolute atomic E-state index is 12.6. The van der Waals surface area contributed by atoms with Gasteiger partial charge >= 0.3 is 12.1 Å². The van der Waals surface area contributed by atoms with E-state index in [0.717, 1.165) is 25.7 Å². The van der Waals surface area contributed by atoms with Crippen molar-refractivity contribution < 1.29 is 31.5 Å². The van der Waals surface area contributed by atoms with Gasteiger partial charge in [-0.25, -0.2) is 0 Å². The molecule has 8 heteroatoms. The number of amides is 1. The maximum atomic E-state index is 12.6. The van der Waals surface area contributed by atoms with Crippen LogP contribution in [0.15, 0.2) is 0 Å². The first-order chi connectivity index (χ1) is 9.25. The van der Waals surface area contributed by atoms with Crippen molar-refractivity contribution in [3.05, 3.63) is 0 Å². The van der Waals surface area contributed by atoms with Crippen molar-refractivity contribution in [1.82, 2.24) is 5.32 Å². The van der Waals surface area contributed by atoms with E-state index in [-0.39, 0.29) is 25.7 Å². The molecule has 0 radical (unpaired) electrons. The molecule has 1 amide bonds. The lowest BCUT2D eigenvalue weighted by molar-refractivity contribution is -0.269. The molecule has 0 unspecified atom stereocenters. The Hall–Kier alpha value is -0.920. The van der Waals surface area contributed by atoms with Crippen molar-refractivity contribution in [2.45, 2.75) is 56.7 Å². The van der Waals surface area contributed by atoms with Gasteiger partial charge in [0.25, 0.3) is 5.91 Å². The van der Waals surface area contributed by atoms with Gasteiger partial charge in [-0.1, -0.05) is 19.3 Å². The molecular formula is C12H18F5NO2. The lowest BCUT2D eigenvalue weighted by Crippen LogP contribution is -2.50. The van der Waals surface area contributed by atoms with E-state index in [1.54, 1.807) is 5.32 Å². The fourth-order valence-electron chi connectivity index (χ4n) is 2.00. The van der Waals surface area contributed by atoms with Gasteiger partial charge in [0, 0.05) is 13.2 Å². The number of hydrogen-bond acceptors (Lipinski definition) is 2. The molecule has 0 spiro atoms. The van der Waals surface area contributed by atoms with Crippen LogP contribution in [0, 0.1) is 0 Å². The normalized spacial score (nSPS) is 18.1. The van der Waals surface area contributed by atoms with Crippen molar-refractivity contribution in [2.75, 3.05) is 13.2 Å². The highest BCUT2D eigenvalue weighted by Gasteiger charge is 2.63. The van der Waals surface area contributed by atoms with Gasteiger partial charge in [-0.15, -0.1) is 0 Å². The molecule has 0 aromatic rings. The molecule has 0 aromatic carbocycles. The minimum atomic E-state index is -5.87. The Morgan fingerprint density at radius 3 is 2.25 bits per heavy atom. The van der Waals surface area contributed by atoms with Gasteiger partial charge < -0.3 is 10.1 Å². The Labute approximate surface area is 113 Å². The van der Waals surface area contributed by atoms with Gasteiger partial charge in [-0.3, -0.25) is 4.79 Å². The highest BCUT2D eigenvalue weighted by molar-refractivity contribution is 5.84. The van der Waals surface area contributed by atoms with E-state index < -0.39 is 18.0 Å². The molecule has 1 saturated carbocycles. The zero-order valence-corrected chi connectivity index (χ0v) is 10.9. The standard InChI is InChI=1S/C12H18F5NO2/c13-11(14,12(15,16)17)10(19)18-7-4-8-20-9-5-2-1-3-6-9/h9H,1-8H2,(H,18,19). The van der Waals surface area contributed by atoms with E-state index in [0.29, 0.717) is 0 Å². The van der Waals surface area contributed by atoms with E-state index in [1.807, 2.05) is 0 Å². The third-order valence-electron chi connectivity index (χ3n) is 3.15. The van der Waals surface area contributed by atoms with E-state index in [2.05, 4.69) is 0 Å². The molecule has 0 heterocycles. The minimum Gasteiger partial charge on any atom is -0.378 e. The van der Waals surface area contributed by atoms with Gasteiger partial charge in [0.05, 0.1) is 6.10 Å². The second-order valence-corrected chi connectivity index (χ2v) is 4.81. The number of ether oxygens (including phenoxy) is 1. The van der Waals surface area contributed by atoms with Gasteiger partial charge in [0.2, 0.25) is 0 Å². The Bertz CT molecular complexity index is 313. The molecule has 1 fully saturated rings. The molecular weight excluding hydrogens is 285 g/mol. The van der Waals surface area contributed by atoms with Crippen LogP contribution in [0.4, 0.5) is 22.0 Å². The topological polar surface area (TPSA) is 38.3 Å². The van der Waals surface area contributed by atoms with Crippen LogP contribution in [0.1, 0.15) is 38.5 Å². The smallest absolute Gasteiger partial charge is 0.378 e. The van der Waals surface area contributed by atoms with Crippen LogP contribution in [0.5, 0.6) is 0 Å². The van der Waals surface area contributed by atoms with Crippen LogP contribution in [0.2, 0.25) is 0 Å². The summed E-state index contributed by atoms with van der Waals surface area (Å²) in [5.74, 6) is -7.67. The number of rotatable bonds is 6. The molecule has 118 valence electrons. The molecule has 3 nitrogen and oxygen atoms in total. The van der Waals surface area contributed by atoms with Crippen LogP contribution in [0.3, 0.4) is 0 Å². The summed E-state index contributed by atoms with van der Waals surface area (Å²) in [4.78, 5) is 10.8. The number of halogens is 5. The van der Waals surface area contributed by atoms with Crippen molar-refractivity contribution in [3.8, 4) is 0 Å². The highest BCUT2D eigenvalue weighted by atomic mass is 19.4.